The predicted octanol–water partition coefficient (Wildman–Crippen LogP) is 3.18. The monoisotopic (exact) mass is 283 g/mol. The van der Waals surface area contributed by atoms with Crippen molar-refractivity contribution in [2.24, 2.45) is 0 Å². The van der Waals surface area contributed by atoms with Crippen LogP contribution in [0.15, 0.2) is 48.8 Å². The molecule has 1 aromatic heterocycles. The van der Waals surface area contributed by atoms with E-state index in [4.69, 9.17) is 0 Å². The molecular weight excluding hydrogens is 262 g/mol. The Balaban J connectivity index is 2.12. The number of rotatable bonds is 6. The van der Waals surface area contributed by atoms with E-state index < -0.39 is 0 Å². The maximum atomic E-state index is 12.6. The van der Waals surface area contributed by atoms with E-state index in [9.17, 15) is 4.79 Å². The van der Waals surface area contributed by atoms with Crippen LogP contribution in [0.4, 0.5) is 5.69 Å². The molecule has 0 atom stereocenters. The molecule has 4 nitrogen and oxygen atoms in total. The van der Waals surface area contributed by atoms with Gasteiger partial charge in [0.25, 0.3) is 5.91 Å². The van der Waals surface area contributed by atoms with Gasteiger partial charge in [-0.15, -0.1) is 0 Å². The molecule has 1 amide bonds. The molecular formula is C17H21N3O. The van der Waals surface area contributed by atoms with Gasteiger partial charge in [0.05, 0.1) is 11.3 Å². The van der Waals surface area contributed by atoms with Crippen molar-refractivity contribution in [1.82, 2.24) is 9.88 Å². The van der Waals surface area contributed by atoms with E-state index in [1.807, 2.05) is 43.4 Å². The predicted molar refractivity (Wildman–Crippen MR) is 85.3 cm³/mol. The zero-order valence-corrected chi connectivity index (χ0v) is 12.5. The number of carbonyl (C=O) groups is 1. The van der Waals surface area contributed by atoms with Gasteiger partial charge in [0.15, 0.2) is 0 Å². The molecule has 0 bridgehead atoms. The van der Waals surface area contributed by atoms with Crippen LogP contribution in [0.2, 0.25) is 0 Å². The third kappa shape index (κ3) is 4.05. The zero-order valence-electron chi connectivity index (χ0n) is 12.5. The molecule has 0 saturated carbocycles. The summed E-state index contributed by atoms with van der Waals surface area (Å²) >= 11 is 0. The van der Waals surface area contributed by atoms with Crippen molar-refractivity contribution < 1.29 is 4.79 Å². The Labute approximate surface area is 125 Å². The summed E-state index contributed by atoms with van der Waals surface area (Å²) in [6.07, 6.45) is 4.34. The van der Waals surface area contributed by atoms with Gasteiger partial charge in [-0.05, 0) is 18.1 Å². The highest BCUT2D eigenvalue weighted by Crippen LogP contribution is 2.16. The number of benzene rings is 1. The summed E-state index contributed by atoms with van der Waals surface area (Å²) in [7, 11) is 1.81. The standard InChI is InChI=1S/C17H21N3O/c1-3-10-19-16-9-11-18-12-15(16)17(21)20(2)13-14-7-5-4-6-8-14/h4-9,11-12H,3,10,13H2,1-2H3,(H,18,19). The fourth-order valence-electron chi connectivity index (χ4n) is 2.11. The van der Waals surface area contributed by atoms with Crippen molar-refractivity contribution in [3.8, 4) is 0 Å². The van der Waals surface area contributed by atoms with Crippen molar-refractivity contribution in [1.29, 1.82) is 0 Å². The summed E-state index contributed by atoms with van der Waals surface area (Å²) in [6, 6.07) is 11.8. The fraction of sp³-hybridized carbons (Fsp3) is 0.294. The number of amides is 1. The van der Waals surface area contributed by atoms with Gasteiger partial charge in [-0.1, -0.05) is 37.3 Å². The highest BCUT2D eigenvalue weighted by molar-refractivity contribution is 5.99. The van der Waals surface area contributed by atoms with Gasteiger partial charge in [0.1, 0.15) is 0 Å². The van der Waals surface area contributed by atoms with E-state index in [0.717, 1.165) is 24.2 Å². The first-order valence-corrected chi connectivity index (χ1v) is 7.19. The number of carbonyl (C=O) groups excluding carboxylic acids is 1. The largest absolute Gasteiger partial charge is 0.384 e. The van der Waals surface area contributed by atoms with Crippen molar-refractivity contribution >= 4 is 11.6 Å². The van der Waals surface area contributed by atoms with Crippen LogP contribution in [0.1, 0.15) is 29.3 Å². The smallest absolute Gasteiger partial charge is 0.257 e. The molecule has 1 N–H and O–H groups in total. The Kier molecular flexibility index (Phi) is 5.32. The molecule has 1 aromatic carbocycles. The quantitative estimate of drug-likeness (QED) is 0.885. The van der Waals surface area contributed by atoms with Crippen molar-refractivity contribution in [2.45, 2.75) is 19.9 Å². The number of aromatic nitrogens is 1. The maximum absolute atomic E-state index is 12.6. The van der Waals surface area contributed by atoms with Crippen LogP contribution in [-0.4, -0.2) is 29.4 Å². The highest BCUT2D eigenvalue weighted by atomic mass is 16.2. The van der Waals surface area contributed by atoms with Crippen LogP contribution in [-0.2, 0) is 6.54 Å². The molecule has 2 aromatic rings. The molecule has 0 aliphatic rings. The summed E-state index contributed by atoms with van der Waals surface area (Å²) in [6.45, 7) is 3.52. The van der Waals surface area contributed by atoms with Crippen LogP contribution in [0.3, 0.4) is 0 Å². The third-order valence-corrected chi connectivity index (χ3v) is 3.23. The first-order chi connectivity index (χ1) is 10.2. The molecule has 2 rings (SSSR count). The summed E-state index contributed by atoms with van der Waals surface area (Å²) in [4.78, 5) is 18.4. The lowest BCUT2D eigenvalue weighted by Crippen LogP contribution is -2.27. The molecule has 0 unspecified atom stereocenters. The number of hydrogen-bond donors (Lipinski definition) is 1. The summed E-state index contributed by atoms with van der Waals surface area (Å²) in [5.41, 5.74) is 2.57. The van der Waals surface area contributed by atoms with E-state index in [2.05, 4.69) is 17.2 Å². The number of anilines is 1. The van der Waals surface area contributed by atoms with Crippen molar-refractivity contribution in [3.63, 3.8) is 0 Å². The number of nitrogens with zero attached hydrogens (tertiary/aromatic N) is 2. The van der Waals surface area contributed by atoms with E-state index >= 15 is 0 Å². The topological polar surface area (TPSA) is 45.2 Å². The lowest BCUT2D eigenvalue weighted by molar-refractivity contribution is 0.0785. The Morgan fingerprint density at radius 1 is 1.24 bits per heavy atom. The Morgan fingerprint density at radius 3 is 2.71 bits per heavy atom. The van der Waals surface area contributed by atoms with Gasteiger partial charge >= 0.3 is 0 Å². The molecule has 0 fully saturated rings. The lowest BCUT2D eigenvalue weighted by Gasteiger charge is -2.19. The molecule has 21 heavy (non-hydrogen) atoms. The first-order valence-electron chi connectivity index (χ1n) is 7.19. The minimum Gasteiger partial charge on any atom is -0.384 e. The Bertz CT molecular complexity index is 584. The zero-order chi connectivity index (χ0) is 15.1. The first kappa shape index (κ1) is 15.0. The van der Waals surface area contributed by atoms with Gasteiger partial charge < -0.3 is 10.2 Å². The second-order valence-corrected chi connectivity index (χ2v) is 4.99. The second-order valence-electron chi connectivity index (χ2n) is 4.99. The SMILES string of the molecule is CCCNc1ccncc1C(=O)N(C)Cc1ccccc1. The fourth-order valence-corrected chi connectivity index (χ4v) is 2.11. The van der Waals surface area contributed by atoms with E-state index in [0.29, 0.717) is 12.1 Å². The van der Waals surface area contributed by atoms with Crippen LogP contribution in [0.25, 0.3) is 0 Å². The van der Waals surface area contributed by atoms with E-state index in [1.54, 1.807) is 17.3 Å². The lowest BCUT2D eigenvalue weighted by atomic mass is 10.1. The molecule has 4 heteroatoms. The molecule has 0 aliphatic heterocycles. The summed E-state index contributed by atoms with van der Waals surface area (Å²) in [5.74, 6) is -0.0226. The average molecular weight is 283 g/mol. The highest BCUT2D eigenvalue weighted by Gasteiger charge is 2.16. The Hall–Kier alpha value is -2.36. The molecule has 0 spiro atoms. The minimum atomic E-state index is -0.0226. The second kappa shape index (κ2) is 7.43. The third-order valence-electron chi connectivity index (χ3n) is 3.23. The average Bonchev–Trinajstić information content (AvgIpc) is 2.53. The molecule has 0 radical (unpaired) electrons. The summed E-state index contributed by atoms with van der Waals surface area (Å²) in [5, 5.41) is 3.28. The van der Waals surface area contributed by atoms with Gasteiger partial charge in [-0.3, -0.25) is 9.78 Å². The minimum absolute atomic E-state index is 0.0226. The molecule has 1 heterocycles. The normalized spacial score (nSPS) is 10.2. The maximum Gasteiger partial charge on any atom is 0.257 e. The van der Waals surface area contributed by atoms with Crippen LogP contribution >= 0.6 is 0 Å². The number of nitrogens with one attached hydrogen (secondary N) is 1. The Morgan fingerprint density at radius 2 is 2.00 bits per heavy atom. The van der Waals surface area contributed by atoms with Crippen molar-refractivity contribution in [3.05, 3.63) is 59.9 Å². The molecule has 0 aliphatic carbocycles. The molecule has 110 valence electrons. The van der Waals surface area contributed by atoms with Gasteiger partial charge in [0.2, 0.25) is 0 Å². The van der Waals surface area contributed by atoms with Crippen molar-refractivity contribution in [2.75, 3.05) is 18.9 Å². The number of pyridine rings is 1. The van der Waals surface area contributed by atoms with Gasteiger partial charge in [0, 0.05) is 32.5 Å². The molecule has 0 saturated heterocycles. The van der Waals surface area contributed by atoms with Crippen LogP contribution in [0, 0.1) is 0 Å². The number of hydrogen-bond acceptors (Lipinski definition) is 3. The van der Waals surface area contributed by atoms with E-state index in [1.165, 1.54) is 0 Å². The van der Waals surface area contributed by atoms with Crippen LogP contribution in [0.5, 0.6) is 0 Å². The van der Waals surface area contributed by atoms with E-state index in [-0.39, 0.29) is 5.91 Å². The summed E-state index contributed by atoms with van der Waals surface area (Å²) < 4.78 is 0. The van der Waals surface area contributed by atoms with Gasteiger partial charge in [-0.2, -0.15) is 0 Å². The van der Waals surface area contributed by atoms with Gasteiger partial charge in [-0.25, -0.2) is 0 Å². The van der Waals surface area contributed by atoms with Crippen LogP contribution < -0.4 is 5.32 Å².